The van der Waals surface area contributed by atoms with E-state index >= 15 is 0 Å². The van der Waals surface area contributed by atoms with Crippen LogP contribution in [0, 0.1) is 0 Å². The van der Waals surface area contributed by atoms with Gasteiger partial charge in [-0.25, -0.2) is 0 Å². The van der Waals surface area contributed by atoms with E-state index in [1.807, 2.05) is 11.3 Å². The molecule has 7 aromatic carbocycles. The summed E-state index contributed by atoms with van der Waals surface area (Å²) in [6.45, 7) is 23.8. The van der Waals surface area contributed by atoms with Crippen LogP contribution < -0.4 is 4.90 Å². The van der Waals surface area contributed by atoms with Crippen molar-refractivity contribution in [1.82, 2.24) is 0 Å². The van der Waals surface area contributed by atoms with Crippen molar-refractivity contribution in [2.75, 3.05) is 4.90 Å². The molecule has 0 saturated carbocycles. The Hall–Kier alpha value is -5.64. The second kappa shape index (κ2) is 12.0. The van der Waals surface area contributed by atoms with Crippen LogP contribution in [0.15, 0.2) is 132 Å². The molecular weight excluding hydrogens is 735 g/mol. The van der Waals surface area contributed by atoms with Crippen molar-refractivity contribution in [2.45, 2.75) is 90.9 Å². The van der Waals surface area contributed by atoms with Gasteiger partial charge in [-0.15, -0.1) is 11.3 Å². The van der Waals surface area contributed by atoms with Gasteiger partial charge in [0.1, 0.15) is 11.2 Å². The third-order valence-corrected chi connectivity index (χ3v) is 14.9. The van der Waals surface area contributed by atoms with Crippen LogP contribution in [0.5, 0.6) is 0 Å². The van der Waals surface area contributed by atoms with Gasteiger partial charge in [-0.2, -0.15) is 0 Å². The molecule has 59 heavy (non-hydrogen) atoms. The van der Waals surface area contributed by atoms with Crippen molar-refractivity contribution in [2.24, 2.45) is 0 Å². The summed E-state index contributed by atoms with van der Waals surface area (Å²) in [5.41, 5.74) is 18.6. The summed E-state index contributed by atoms with van der Waals surface area (Å²) in [6.07, 6.45) is 0. The number of hydrogen-bond donors (Lipinski definition) is 0. The third-order valence-electron chi connectivity index (χ3n) is 13.7. The van der Waals surface area contributed by atoms with Crippen molar-refractivity contribution in [3.63, 3.8) is 0 Å². The van der Waals surface area contributed by atoms with E-state index in [1.165, 1.54) is 81.5 Å². The highest BCUT2D eigenvalue weighted by atomic mass is 32.1. The number of furan rings is 1. The van der Waals surface area contributed by atoms with Crippen LogP contribution in [0.1, 0.15) is 103 Å². The molecule has 0 amide bonds. The fourth-order valence-electron chi connectivity index (χ4n) is 10.6. The minimum atomic E-state index is -0.272. The summed E-state index contributed by atoms with van der Waals surface area (Å²) in [5.74, 6) is 0. The molecule has 0 radical (unpaired) electrons. The third kappa shape index (κ3) is 5.10. The highest BCUT2D eigenvalue weighted by Gasteiger charge is 2.42. The van der Waals surface area contributed by atoms with Crippen LogP contribution in [-0.2, 0) is 21.7 Å². The number of nitrogens with zero attached hydrogens (tertiary/aromatic N) is 1. The van der Waals surface area contributed by atoms with Crippen molar-refractivity contribution in [1.29, 1.82) is 0 Å². The molecule has 0 saturated heterocycles. The Labute approximate surface area is 352 Å². The minimum Gasteiger partial charge on any atom is -0.456 e. The van der Waals surface area contributed by atoms with Gasteiger partial charge in [0, 0.05) is 59.2 Å². The Balaban J connectivity index is 1.19. The van der Waals surface area contributed by atoms with Gasteiger partial charge in [-0.1, -0.05) is 142 Å². The largest absolute Gasteiger partial charge is 0.456 e. The lowest BCUT2D eigenvalue weighted by Gasteiger charge is -2.33. The number of benzene rings is 7. The Morgan fingerprint density at radius 1 is 0.525 bits per heavy atom. The van der Waals surface area contributed by atoms with Gasteiger partial charge < -0.3 is 9.32 Å². The molecule has 0 atom stereocenters. The smallest absolute Gasteiger partial charge is 0.137 e. The normalized spacial score (nSPS) is 15.2. The van der Waals surface area contributed by atoms with Crippen molar-refractivity contribution in [3.05, 3.63) is 161 Å². The second-order valence-corrected chi connectivity index (χ2v) is 21.3. The predicted octanol–water partition coefficient (Wildman–Crippen LogP) is 16.6. The van der Waals surface area contributed by atoms with E-state index in [4.69, 9.17) is 4.42 Å². The summed E-state index contributed by atoms with van der Waals surface area (Å²) >= 11 is 1.97. The molecule has 9 aromatic rings. The quantitative estimate of drug-likeness (QED) is 0.177. The van der Waals surface area contributed by atoms with Crippen LogP contribution in [0.25, 0.3) is 64.4 Å². The minimum absolute atomic E-state index is 0.0150. The number of thiophene rings is 1. The molecule has 0 aliphatic heterocycles. The Bertz CT molecular complexity index is 3240. The van der Waals surface area contributed by atoms with Gasteiger partial charge in [0.05, 0.1) is 5.69 Å². The Morgan fingerprint density at radius 2 is 1.22 bits per heavy atom. The number of anilines is 3. The number of hydrogen-bond acceptors (Lipinski definition) is 3. The molecule has 2 aliphatic carbocycles. The topological polar surface area (TPSA) is 16.4 Å². The van der Waals surface area contributed by atoms with Crippen molar-refractivity contribution in [3.8, 4) is 22.3 Å². The maximum atomic E-state index is 6.57. The monoisotopic (exact) mass is 785 g/mol. The molecule has 11 rings (SSSR count). The lowest BCUT2D eigenvalue weighted by atomic mass is 9.79. The predicted molar refractivity (Wildman–Crippen MR) is 254 cm³/mol. The zero-order chi connectivity index (χ0) is 41.0. The maximum absolute atomic E-state index is 6.57. The lowest BCUT2D eigenvalue weighted by Crippen LogP contribution is -2.21. The zero-order valence-corrected chi connectivity index (χ0v) is 36.7. The highest BCUT2D eigenvalue weighted by Crippen LogP contribution is 2.59. The molecule has 0 N–H and O–H groups in total. The lowest BCUT2D eigenvalue weighted by molar-refractivity contribution is 0.573. The Morgan fingerprint density at radius 3 is 2.02 bits per heavy atom. The van der Waals surface area contributed by atoms with Gasteiger partial charge in [-0.05, 0) is 115 Å². The van der Waals surface area contributed by atoms with Gasteiger partial charge in [0.2, 0.25) is 0 Å². The van der Waals surface area contributed by atoms with E-state index in [2.05, 4.69) is 202 Å². The average molecular weight is 786 g/mol. The first-order chi connectivity index (χ1) is 28.0. The van der Waals surface area contributed by atoms with Gasteiger partial charge in [0.15, 0.2) is 0 Å². The van der Waals surface area contributed by atoms with Crippen LogP contribution >= 0.6 is 11.3 Å². The molecule has 0 spiro atoms. The zero-order valence-electron chi connectivity index (χ0n) is 35.9. The van der Waals surface area contributed by atoms with Gasteiger partial charge in [-0.3, -0.25) is 0 Å². The first-order valence-corrected chi connectivity index (χ1v) is 22.0. The first-order valence-electron chi connectivity index (χ1n) is 21.2. The second-order valence-electron chi connectivity index (χ2n) is 20.2. The van der Waals surface area contributed by atoms with Gasteiger partial charge >= 0.3 is 0 Å². The summed E-state index contributed by atoms with van der Waals surface area (Å²) in [4.78, 5) is 2.51. The summed E-state index contributed by atoms with van der Waals surface area (Å²) in [7, 11) is 0. The van der Waals surface area contributed by atoms with E-state index in [0.29, 0.717) is 0 Å². The first kappa shape index (κ1) is 36.4. The van der Waals surface area contributed by atoms with E-state index < -0.39 is 0 Å². The highest BCUT2D eigenvalue weighted by molar-refractivity contribution is 7.26. The molecule has 3 heteroatoms. The van der Waals surface area contributed by atoms with Crippen LogP contribution in [0.4, 0.5) is 17.1 Å². The van der Waals surface area contributed by atoms with Crippen LogP contribution in [-0.4, -0.2) is 0 Å². The van der Waals surface area contributed by atoms with E-state index in [9.17, 15) is 0 Å². The molecule has 2 nitrogen and oxygen atoms in total. The maximum Gasteiger partial charge on any atom is 0.137 e. The van der Waals surface area contributed by atoms with Crippen molar-refractivity contribution >= 4 is 70.5 Å². The molecule has 2 aliphatic rings. The number of para-hydroxylation sites is 1. The van der Waals surface area contributed by atoms with E-state index in [-0.39, 0.29) is 21.7 Å². The summed E-state index contributed by atoms with van der Waals surface area (Å²) < 4.78 is 9.34. The fourth-order valence-corrected chi connectivity index (χ4v) is 12.0. The summed E-state index contributed by atoms with van der Waals surface area (Å²) in [5, 5.41) is 5.07. The molecular formula is C56H51NOS. The van der Waals surface area contributed by atoms with Gasteiger partial charge in [0.25, 0.3) is 0 Å². The molecule has 0 unspecified atom stereocenters. The van der Waals surface area contributed by atoms with E-state index in [1.54, 1.807) is 0 Å². The average Bonchev–Trinajstić information content (AvgIpc) is 3.89. The number of rotatable bonds is 3. The molecule has 2 heterocycles. The van der Waals surface area contributed by atoms with E-state index in [0.717, 1.165) is 33.3 Å². The standard InChI is InChI=1S/C56H51NOS/c1-53(2,3)32-28-40-50-48(59-52(40)44(29-32)54(4,5)6)27-26-42-49(50)39-18-15-20-45(51(39)56(42,9)10)57(34-23-25-38-37-17-12-14-21-46(37)58-47(38)31-34)33-22-24-36-35-16-11-13-19-41(35)55(7,8)43(36)30-33/h11-31H,1-10H3. The SMILES string of the molecule is CC(C)(C)c1cc(C(C)(C)C)c2sc3ccc4c(c3c2c1)-c1cccc(N(c2ccc3c(c2)C(C)(C)c2ccccc2-3)c2ccc3c(c2)oc2ccccc23)c1C4(C)C. The van der Waals surface area contributed by atoms with Crippen LogP contribution in [0.2, 0.25) is 0 Å². The van der Waals surface area contributed by atoms with Crippen LogP contribution in [0.3, 0.4) is 0 Å². The Kier molecular flexibility index (Phi) is 7.40. The van der Waals surface area contributed by atoms with Crippen molar-refractivity contribution < 1.29 is 4.42 Å². The molecule has 292 valence electrons. The summed E-state index contributed by atoms with van der Waals surface area (Å²) in [6, 6.07) is 48.1. The molecule has 0 fully saturated rings. The molecule has 2 aromatic heterocycles. The number of fused-ring (bicyclic) bond motifs is 13. The fraction of sp³-hybridized carbons (Fsp3) is 0.250. The molecule has 0 bridgehead atoms.